The molecule has 0 spiro atoms. The predicted octanol–water partition coefficient (Wildman–Crippen LogP) is 3.54. The second kappa shape index (κ2) is 8.45. The van der Waals surface area contributed by atoms with Crippen LogP contribution in [-0.2, 0) is 17.8 Å². The van der Waals surface area contributed by atoms with E-state index in [9.17, 15) is 4.79 Å². The summed E-state index contributed by atoms with van der Waals surface area (Å²) < 4.78 is 3.43. The third-order valence-corrected chi connectivity index (χ3v) is 5.57. The maximum absolute atomic E-state index is 12.8. The summed E-state index contributed by atoms with van der Waals surface area (Å²) in [5.74, 6) is 1.02. The van der Waals surface area contributed by atoms with Crippen LogP contribution in [0.15, 0.2) is 41.7 Å². The number of benzene rings is 1. The van der Waals surface area contributed by atoms with Gasteiger partial charge in [0.1, 0.15) is 5.82 Å². The van der Waals surface area contributed by atoms with Crippen molar-refractivity contribution in [3.05, 3.63) is 64.1 Å². The second-order valence-corrected chi connectivity index (χ2v) is 8.01. The van der Waals surface area contributed by atoms with Gasteiger partial charge in [-0.3, -0.25) is 4.79 Å². The molecule has 0 aliphatic rings. The number of fused-ring (bicyclic) bond motifs is 1. The van der Waals surface area contributed by atoms with Gasteiger partial charge in [-0.1, -0.05) is 35.5 Å². The Labute approximate surface area is 182 Å². The van der Waals surface area contributed by atoms with Crippen LogP contribution in [0.3, 0.4) is 0 Å². The molecule has 0 bridgehead atoms. The lowest BCUT2D eigenvalue weighted by molar-refractivity contribution is -0.115. The molecule has 1 N–H and O–H groups in total. The summed E-state index contributed by atoms with van der Waals surface area (Å²) in [7, 11) is 0. The van der Waals surface area contributed by atoms with Crippen LogP contribution < -0.4 is 5.32 Å². The number of hydrogen-bond acceptors (Lipinski definition) is 6. The maximum atomic E-state index is 12.8. The standard InChI is InChI=1S/C20H20ClN7OS/c1-12-16(13(2)28-19(23-12)25-20(26-28)30-3)10-18(29)24-17-8-9-22-27(17)11-14-4-6-15(21)7-5-14/h4-9H,10-11H2,1-3H3,(H,24,29). The fourth-order valence-corrected chi connectivity index (χ4v) is 3.67. The number of thioether (sulfide) groups is 1. The first-order chi connectivity index (χ1) is 14.4. The van der Waals surface area contributed by atoms with Crippen molar-refractivity contribution in [2.75, 3.05) is 11.6 Å². The predicted molar refractivity (Wildman–Crippen MR) is 117 cm³/mol. The topological polar surface area (TPSA) is 90.0 Å². The molecule has 3 aromatic heterocycles. The Kier molecular flexibility index (Phi) is 5.74. The smallest absolute Gasteiger partial charge is 0.253 e. The third kappa shape index (κ3) is 4.17. The van der Waals surface area contributed by atoms with E-state index in [0.29, 0.717) is 28.3 Å². The minimum atomic E-state index is -0.148. The van der Waals surface area contributed by atoms with Gasteiger partial charge in [0.15, 0.2) is 0 Å². The summed E-state index contributed by atoms with van der Waals surface area (Å²) in [5.41, 5.74) is 3.50. The molecule has 1 aromatic carbocycles. The van der Waals surface area contributed by atoms with E-state index in [0.717, 1.165) is 22.5 Å². The van der Waals surface area contributed by atoms with Crippen LogP contribution in [0.1, 0.15) is 22.5 Å². The molecule has 0 saturated carbocycles. The zero-order valence-electron chi connectivity index (χ0n) is 16.8. The van der Waals surface area contributed by atoms with Gasteiger partial charge in [0.2, 0.25) is 11.1 Å². The number of carbonyl (C=O) groups is 1. The number of amides is 1. The highest BCUT2D eigenvalue weighted by atomic mass is 35.5. The number of nitrogens with zero attached hydrogens (tertiary/aromatic N) is 6. The molecule has 3 heterocycles. The molecule has 10 heteroatoms. The van der Waals surface area contributed by atoms with E-state index in [-0.39, 0.29) is 12.3 Å². The fraction of sp³-hybridized carbons (Fsp3) is 0.250. The quantitative estimate of drug-likeness (QED) is 0.460. The number of carbonyl (C=O) groups excluding carboxylic acids is 1. The lowest BCUT2D eigenvalue weighted by Gasteiger charge is -2.12. The Bertz CT molecular complexity index is 1220. The zero-order chi connectivity index (χ0) is 21.3. The van der Waals surface area contributed by atoms with Gasteiger partial charge in [0.05, 0.1) is 19.2 Å². The number of nitrogens with one attached hydrogen (secondary N) is 1. The van der Waals surface area contributed by atoms with E-state index in [1.165, 1.54) is 11.8 Å². The van der Waals surface area contributed by atoms with Gasteiger partial charge < -0.3 is 5.32 Å². The molecule has 0 unspecified atom stereocenters. The van der Waals surface area contributed by atoms with Gasteiger partial charge >= 0.3 is 0 Å². The summed E-state index contributed by atoms with van der Waals surface area (Å²) in [6.45, 7) is 4.34. The average molecular weight is 442 g/mol. The molecule has 4 rings (SSSR count). The highest BCUT2D eigenvalue weighted by molar-refractivity contribution is 7.98. The summed E-state index contributed by atoms with van der Waals surface area (Å²) in [4.78, 5) is 21.7. The largest absolute Gasteiger partial charge is 0.311 e. The Balaban J connectivity index is 1.52. The SMILES string of the molecule is CSc1nc2nc(C)c(CC(=O)Nc3ccnn3Cc3ccc(Cl)cc3)c(C)n2n1. The Morgan fingerprint density at radius 1 is 1.17 bits per heavy atom. The van der Waals surface area contributed by atoms with Crippen molar-refractivity contribution < 1.29 is 4.79 Å². The van der Waals surface area contributed by atoms with E-state index in [1.54, 1.807) is 21.5 Å². The Morgan fingerprint density at radius 2 is 1.93 bits per heavy atom. The van der Waals surface area contributed by atoms with Crippen LogP contribution >= 0.6 is 23.4 Å². The molecule has 154 valence electrons. The van der Waals surface area contributed by atoms with E-state index in [4.69, 9.17) is 11.6 Å². The van der Waals surface area contributed by atoms with Crippen molar-refractivity contribution in [2.24, 2.45) is 0 Å². The summed E-state index contributed by atoms with van der Waals surface area (Å²) in [5, 5.41) is 13.0. The number of hydrogen-bond donors (Lipinski definition) is 1. The molecule has 1 amide bonds. The fourth-order valence-electron chi connectivity index (χ4n) is 3.21. The number of aromatic nitrogens is 6. The van der Waals surface area contributed by atoms with E-state index in [1.807, 2.05) is 44.4 Å². The van der Waals surface area contributed by atoms with Crippen molar-refractivity contribution in [1.82, 2.24) is 29.4 Å². The van der Waals surface area contributed by atoms with Gasteiger partial charge in [-0.25, -0.2) is 14.2 Å². The molecule has 0 atom stereocenters. The average Bonchev–Trinajstić information content (AvgIpc) is 3.33. The maximum Gasteiger partial charge on any atom is 0.253 e. The van der Waals surface area contributed by atoms with Gasteiger partial charge in [-0.15, -0.1) is 5.10 Å². The van der Waals surface area contributed by atoms with E-state index >= 15 is 0 Å². The summed E-state index contributed by atoms with van der Waals surface area (Å²) in [6.07, 6.45) is 3.76. The first-order valence-electron chi connectivity index (χ1n) is 9.27. The molecular formula is C20H20ClN7OS. The molecule has 0 saturated heterocycles. The normalized spacial score (nSPS) is 11.2. The molecule has 0 radical (unpaired) electrons. The van der Waals surface area contributed by atoms with Crippen molar-refractivity contribution in [2.45, 2.75) is 32.0 Å². The minimum Gasteiger partial charge on any atom is -0.311 e. The highest BCUT2D eigenvalue weighted by Gasteiger charge is 2.17. The van der Waals surface area contributed by atoms with Crippen LogP contribution in [0.5, 0.6) is 0 Å². The van der Waals surface area contributed by atoms with E-state index < -0.39 is 0 Å². The van der Waals surface area contributed by atoms with Crippen LogP contribution in [-0.4, -0.2) is 41.5 Å². The third-order valence-electron chi connectivity index (χ3n) is 4.78. The zero-order valence-corrected chi connectivity index (χ0v) is 18.3. The molecule has 8 nitrogen and oxygen atoms in total. The molecular weight excluding hydrogens is 422 g/mol. The van der Waals surface area contributed by atoms with Crippen LogP contribution in [0.2, 0.25) is 5.02 Å². The first kappa shape index (κ1) is 20.4. The monoisotopic (exact) mass is 441 g/mol. The highest BCUT2D eigenvalue weighted by Crippen LogP contribution is 2.18. The lowest BCUT2D eigenvalue weighted by atomic mass is 10.1. The second-order valence-electron chi connectivity index (χ2n) is 6.80. The molecule has 30 heavy (non-hydrogen) atoms. The molecule has 4 aromatic rings. The molecule has 0 aliphatic heterocycles. The summed E-state index contributed by atoms with van der Waals surface area (Å²) >= 11 is 7.40. The van der Waals surface area contributed by atoms with Crippen molar-refractivity contribution in [1.29, 1.82) is 0 Å². The van der Waals surface area contributed by atoms with Crippen LogP contribution in [0, 0.1) is 13.8 Å². The van der Waals surface area contributed by atoms with Crippen LogP contribution in [0.4, 0.5) is 5.82 Å². The Hall–Kier alpha value is -2.91. The van der Waals surface area contributed by atoms with E-state index in [2.05, 4.69) is 25.5 Å². The van der Waals surface area contributed by atoms with Crippen molar-refractivity contribution in [3.63, 3.8) is 0 Å². The van der Waals surface area contributed by atoms with Gasteiger partial charge in [0, 0.05) is 28.0 Å². The summed E-state index contributed by atoms with van der Waals surface area (Å²) in [6, 6.07) is 9.31. The van der Waals surface area contributed by atoms with Crippen molar-refractivity contribution in [3.8, 4) is 0 Å². The Morgan fingerprint density at radius 3 is 2.67 bits per heavy atom. The van der Waals surface area contributed by atoms with Gasteiger partial charge in [0.25, 0.3) is 5.78 Å². The lowest BCUT2D eigenvalue weighted by Crippen LogP contribution is -2.20. The van der Waals surface area contributed by atoms with Crippen molar-refractivity contribution >= 4 is 40.9 Å². The minimum absolute atomic E-state index is 0.148. The van der Waals surface area contributed by atoms with Gasteiger partial charge in [-0.2, -0.15) is 10.1 Å². The molecule has 0 fully saturated rings. The number of aryl methyl sites for hydroxylation is 2. The first-order valence-corrected chi connectivity index (χ1v) is 10.9. The molecule has 0 aliphatic carbocycles. The number of halogens is 1. The van der Waals surface area contributed by atoms with Gasteiger partial charge in [-0.05, 0) is 37.8 Å². The number of anilines is 1. The van der Waals surface area contributed by atoms with Crippen LogP contribution in [0.25, 0.3) is 5.78 Å². The number of rotatable bonds is 6.